The maximum atomic E-state index is 13.4. The van der Waals surface area contributed by atoms with Gasteiger partial charge in [0.25, 0.3) is 5.91 Å². The molecule has 0 aliphatic carbocycles. The summed E-state index contributed by atoms with van der Waals surface area (Å²) < 4.78 is 5.55. The van der Waals surface area contributed by atoms with E-state index >= 15 is 0 Å². The highest BCUT2D eigenvalue weighted by atomic mass is 35.5. The molecule has 1 aliphatic heterocycles. The molecule has 1 atom stereocenters. The number of carbonyl (C=O) groups excluding carboxylic acids is 2. The summed E-state index contributed by atoms with van der Waals surface area (Å²) in [5.74, 6) is 0.210. The average Bonchev–Trinajstić information content (AvgIpc) is 3.35. The fourth-order valence-electron chi connectivity index (χ4n) is 4.04. The van der Waals surface area contributed by atoms with Crippen LogP contribution in [0.4, 0.5) is 0 Å². The zero-order valence-corrected chi connectivity index (χ0v) is 21.1. The van der Waals surface area contributed by atoms with E-state index < -0.39 is 0 Å². The molecule has 1 aromatic heterocycles. The summed E-state index contributed by atoms with van der Waals surface area (Å²) >= 11 is 18.1. The van der Waals surface area contributed by atoms with Crippen LogP contribution < -0.4 is 0 Å². The molecule has 1 saturated heterocycles. The lowest BCUT2D eigenvalue weighted by molar-refractivity contribution is -0.136. The van der Waals surface area contributed by atoms with Crippen molar-refractivity contribution in [1.29, 1.82) is 0 Å². The van der Waals surface area contributed by atoms with Crippen molar-refractivity contribution < 1.29 is 14.1 Å². The molecule has 2 amide bonds. The average molecular weight is 534 g/mol. The first-order chi connectivity index (χ1) is 16.9. The molecule has 3 aromatic rings. The number of nitrogens with zero attached hydrogens (tertiary/aromatic N) is 4. The molecule has 1 aliphatic rings. The van der Waals surface area contributed by atoms with Crippen LogP contribution in [0.3, 0.4) is 0 Å². The Kier molecular flexibility index (Phi) is 8.11. The van der Waals surface area contributed by atoms with E-state index in [1.54, 1.807) is 35.2 Å². The number of hydrogen-bond donors (Lipinski definition) is 0. The third kappa shape index (κ3) is 5.86. The van der Waals surface area contributed by atoms with Crippen LogP contribution in [-0.2, 0) is 4.79 Å². The molecule has 4 rings (SSSR count). The quantitative estimate of drug-likeness (QED) is 0.344. The van der Waals surface area contributed by atoms with Gasteiger partial charge in [-0.1, -0.05) is 58.2 Å². The second-order valence-corrected chi connectivity index (χ2v) is 9.42. The number of hydrogen-bond acceptors (Lipinski definition) is 5. The lowest BCUT2D eigenvalue weighted by atomic mass is 10.0. The zero-order valence-electron chi connectivity index (χ0n) is 18.8. The van der Waals surface area contributed by atoms with Gasteiger partial charge in [0.05, 0.1) is 10.0 Å². The maximum absolute atomic E-state index is 13.4. The van der Waals surface area contributed by atoms with Gasteiger partial charge in [-0.2, -0.15) is 4.98 Å². The highest BCUT2D eigenvalue weighted by Gasteiger charge is 2.33. The van der Waals surface area contributed by atoms with Crippen LogP contribution >= 0.6 is 34.8 Å². The Labute approximate surface area is 218 Å². The van der Waals surface area contributed by atoms with Crippen molar-refractivity contribution in [1.82, 2.24) is 19.9 Å². The highest BCUT2D eigenvalue weighted by Crippen LogP contribution is 2.32. The van der Waals surface area contributed by atoms with E-state index in [0.29, 0.717) is 40.3 Å². The number of amides is 2. The highest BCUT2D eigenvalue weighted by molar-refractivity contribution is 6.42. The molecule has 182 valence electrons. The van der Waals surface area contributed by atoms with Crippen molar-refractivity contribution in [3.8, 4) is 11.4 Å². The van der Waals surface area contributed by atoms with E-state index in [1.165, 1.54) is 11.0 Å². The summed E-state index contributed by atoms with van der Waals surface area (Å²) in [7, 11) is 0. The van der Waals surface area contributed by atoms with E-state index in [9.17, 15) is 9.59 Å². The topological polar surface area (TPSA) is 79.5 Å². The Balaban J connectivity index is 1.53. The van der Waals surface area contributed by atoms with Gasteiger partial charge in [-0.05, 0) is 49.6 Å². The van der Waals surface area contributed by atoms with Gasteiger partial charge in [0, 0.05) is 29.2 Å². The first-order valence-corrected chi connectivity index (χ1v) is 12.2. The number of aromatic nitrogens is 2. The summed E-state index contributed by atoms with van der Waals surface area (Å²) in [5, 5.41) is 5.27. The van der Waals surface area contributed by atoms with E-state index in [-0.39, 0.29) is 36.0 Å². The lowest BCUT2D eigenvalue weighted by Crippen LogP contribution is -2.46. The fraction of sp³-hybridized carbons (Fsp3) is 0.280. The Morgan fingerprint density at radius 2 is 1.97 bits per heavy atom. The first-order valence-electron chi connectivity index (χ1n) is 11.1. The zero-order chi connectivity index (χ0) is 24.9. The predicted octanol–water partition coefficient (Wildman–Crippen LogP) is 6.08. The predicted molar refractivity (Wildman–Crippen MR) is 136 cm³/mol. The number of halogens is 3. The van der Waals surface area contributed by atoms with Gasteiger partial charge >= 0.3 is 0 Å². The monoisotopic (exact) mass is 532 g/mol. The molecule has 0 radical (unpaired) electrons. The van der Waals surface area contributed by atoms with E-state index in [0.717, 1.165) is 18.4 Å². The largest absolute Gasteiger partial charge is 0.337 e. The van der Waals surface area contributed by atoms with Crippen LogP contribution in [0.15, 0.2) is 59.6 Å². The molecule has 2 aromatic carbocycles. The number of rotatable bonds is 7. The van der Waals surface area contributed by atoms with Gasteiger partial charge in [0.2, 0.25) is 17.6 Å². The smallest absolute Gasteiger partial charge is 0.254 e. The molecule has 1 unspecified atom stereocenters. The van der Waals surface area contributed by atoms with Gasteiger partial charge < -0.3 is 14.3 Å². The third-order valence-electron chi connectivity index (χ3n) is 5.76. The first kappa shape index (κ1) is 25.2. The van der Waals surface area contributed by atoms with Crippen LogP contribution in [0.1, 0.15) is 41.6 Å². The van der Waals surface area contributed by atoms with Gasteiger partial charge in [-0.25, -0.2) is 0 Å². The molecule has 2 heterocycles. The Morgan fingerprint density at radius 3 is 2.71 bits per heavy atom. The van der Waals surface area contributed by atoms with Crippen LogP contribution in [-0.4, -0.2) is 51.4 Å². The standard InChI is InChI=1S/C25H23Cl3N4O3/c1-2-11-31(25(34)17-9-10-19(27)20(28)14-17)15-22(33)32-12-4-3-8-21(32)24-29-23(30-35-24)16-6-5-7-18(26)13-16/h2,5-7,9-10,13-14,21H,1,3-4,8,11-12,15H2. The Hall–Kier alpha value is -2.87. The van der Waals surface area contributed by atoms with Gasteiger partial charge in [-0.15, -0.1) is 6.58 Å². The molecule has 0 N–H and O–H groups in total. The second-order valence-electron chi connectivity index (χ2n) is 8.17. The molecule has 35 heavy (non-hydrogen) atoms. The maximum Gasteiger partial charge on any atom is 0.254 e. The van der Waals surface area contributed by atoms with Crippen molar-refractivity contribution in [2.45, 2.75) is 25.3 Å². The number of benzene rings is 2. The summed E-state index contributed by atoms with van der Waals surface area (Å²) in [6.45, 7) is 4.32. The molecule has 0 saturated carbocycles. The third-order valence-corrected chi connectivity index (χ3v) is 6.74. The summed E-state index contributed by atoms with van der Waals surface area (Å²) in [4.78, 5) is 34.2. The Bertz CT molecular complexity index is 1250. The summed E-state index contributed by atoms with van der Waals surface area (Å²) in [6.07, 6.45) is 4.03. The SMILES string of the molecule is C=CCN(CC(=O)N1CCCCC1c1nc(-c2cccc(Cl)c2)no1)C(=O)c1ccc(Cl)c(Cl)c1. The summed E-state index contributed by atoms with van der Waals surface area (Å²) in [6, 6.07) is 11.4. The minimum absolute atomic E-state index is 0.128. The van der Waals surface area contributed by atoms with Crippen LogP contribution in [0.5, 0.6) is 0 Å². The normalized spacial score (nSPS) is 15.6. The molecule has 7 nitrogen and oxygen atoms in total. The molecule has 10 heteroatoms. The molecule has 0 spiro atoms. The lowest BCUT2D eigenvalue weighted by Gasteiger charge is -2.35. The van der Waals surface area contributed by atoms with Crippen molar-refractivity contribution in [3.63, 3.8) is 0 Å². The van der Waals surface area contributed by atoms with Crippen molar-refractivity contribution in [3.05, 3.63) is 81.6 Å². The van der Waals surface area contributed by atoms with Gasteiger partial charge in [-0.3, -0.25) is 9.59 Å². The number of piperidine rings is 1. The second kappa shape index (κ2) is 11.2. The van der Waals surface area contributed by atoms with Crippen molar-refractivity contribution in [2.75, 3.05) is 19.6 Å². The van der Waals surface area contributed by atoms with E-state index in [1.807, 2.05) is 12.1 Å². The van der Waals surface area contributed by atoms with E-state index in [4.69, 9.17) is 39.3 Å². The van der Waals surface area contributed by atoms with Crippen LogP contribution in [0, 0.1) is 0 Å². The van der Waals surface area contributed by atoms with Crippen molar-refractivity contribution in [2.24, 2.45) is 0 Å². The fourth-order valence-corrected chi connectivity index (χ4v) is 4.53. The molecular weight excluding hydrogens is 511 g/mol. The van der Waals surface area contributed by atoms with Crippen LogP contribution in [0.2, 0.25) is 15.1 Å². The molecule has 0 bridgehead atoms. The molecule has 1 fully saturated rings. The minimum atomic E-state index is -0.373. The minimum Gasteiger partial charge on any atom is -0.337 e. The van der Waals surface area contributed by atoms with Gasteiger partial charge in [0.1, 0.15) is 12.6 Å². The van der Waals surface area contributed by atoms with Crippen LogP contribution in [0.25, 0.3) is 11.4 Å². The number of carbonyl (C=O) groups is 2. The number of likely N-dealkylation sites (tertiary alicyclic amines) is 1. The summed E-state index contributed by atoms with van der Waals surface area (Å²) in [5.41, 5.74) is 1.07. The van der Waals surface area contributed by atoms with Crippen molar-refractivity contribution >= 4 is 46.6 Å². The Morgan fingerprint density at radius 1 is 1.14 bits per heavy atom. The van der Waals surface area contributed by atoms with Gasteiger partial charge in [0.15, 0.2) is 0 Å². The molecular formula is C25H23Cl3N4O3. The van der Waals surface area contributed by atoms with E-state index in [2.05, 4.69) is 16.7 Å².